The van der Waals surface area contributed by atoms with Crippen molar-refractivity contribution < 1.29 is 10.2 Å². The third-order valence-corrected chi connectivity index (χ3v) is 4.84. The summed E-state index contributed by atoms with van der Waals surface area (Å²) in [7, 11) is 0. The SMILES string of the molecule is CC1CCC(CO)C(CO)=C2CC(C)(C)CC21. The maximum Gasteiger partial charge on any atom is 0.0648 e. The number of fused-ring (bicyclic) bond motifs is 1. The molecule has 0 spiro atoms. The van der Waals surface area contributed by atoms with Gasteiger partial charge in [-0.2, -0.15) is 0 Å². The Morgan fingerprint density at radius 1 is 1.24 bits per heavy atom. The van der Waals surface area contributed by atoms with Gasteiger partial charge < -0.3 is 10.2 Å². The largest absolute Gasteiger partial charge is 0.396 e. The molecule has 0 heterocycles. The lowest BCUT2D eigenvalue weighted by molar-refractivity contribution is 0.213. The number of allylic oxidation sites excluding steroid dienone is 1. The highest BCUT2D eigenvalue weighted by Crippen LogP contribution is 2.52. The van der Waals surface area contributed by atoms with Crippen molar-refractivity contribution in [2.24, 2.45) is 23.2 Å². The number of hydrogen-bond acceptors (Lipinski definition) is 2. The van der Waals surface area contributed by atoms with E-state index in [2.05, 4.69) is 20.8 Å². The van der Waals surface area contributed by atoms with E-state index in [4.69, 9.17) is 0 Å². The minimum absolute atomic E-state index is 0.139. The summed E-state index contributed by atoms with van der Waals surface area (Å²) in [4.78, 5) is 0. The van der Waals surface area contributed by atoms with Crippen molar-refractivity contribution in [3.05, 3.63) is 11.1 Å². The zero-order valence-electron chi connectivity index (χ0n) is 11.4. The molecule has 2 nitrogen and oxygen atoms in total. The van der Waals surface area contributed by atoms with Crippen LogP contribution in [-0.4, -0.2) is 23.4 Å². The molecular formula is C15H26O2. The molecule has 2 rings (SSSR count). The molecular weight excluding hydrogens is 212 g/mol. The number of aliphatic hydroxyl groups excluding tert-OH is 2. The fourth-order valence-electron chi connectivity index (χ4n) is 3.87. The maximum atomic E-state index is 9.65. The van der Waals surface area contributed by atoms with Crippen LogP contribution in [0.3, 0.4) is 0 Å². The first-order chi connectivity index (χ1) is 7.98. The molecule has 0 amide bonds. The van der Waals surface area contributed by atoms with Gasteiger partial charge in [0.1, 0.15) is 0 Å². The second-order valence-corrected chi connectivity index (χ2v) is 6.79. The molecule has 0 saturated heterocycles. The lowest BCUT2D eigenvalue weighted by Gasteiger charge is -2.21. The molecule has 3 atom stereocenters. The van der Waals surface area contributed by atoms with Gasteiger partial charge in [-0.3, -0.25) is 0 Å². The first-order valence-electron chi connectivity index (χ1n) is 6.92. The van der Waals surface area contributed by atoms with Gasteiger partial charge >= 0.3 is 0 Å². The van der Waals surface area contributed by atoms with E-state index in [1.807, 2.05) is 0 Å². The Bertz CT molecular complexity index is 317. The minimum atomic E-state index is 0.139. The zero-order valence-corrected chi connectivity index (χ0v) is 11.4. The van der Waals surface area contributed by atoms with Crippen molar-refractivity contribution in [3.63, 3.8) is 0 Å². The Balaban J connectivity index is 2.39. The molecule has 0 radical (unpaired) electrons. The summed E-state index contributed by atoms with van der Waals surface area (Å²) in [5.41, 5.74) is 3.00. The standard InChI is InChI=1S/C15H26O2/c1-10-4-5-11(8-16)14(9-17)13-7-15(2,3)6-12(10)13/h10-12,16-17H,4-9H2,1-3H3. The van der Waals surface area contributed by atoms with Gasteiger partial charge in [0.15, 0.2) is 0 Å². The highest BCUT2D eigenvalue weighted by molar-refractivity contribution is 5.27. The molecule has 0 bridgehead atoms. The van der Waals surface area contributed by atoms with Crippen molar-refractivity contribution in [2.75, 3.05) is 13.2 Å². The highest BCUT2D eigenvalue weighted by atomic mass is 16.3. The predicted octanol–water partition coefficient (Wildman–Crippen LogP) is 2.75. The molecule has 0 aromatic carbocycles. The topological polar surface area (TPSA) is 40.5 Å². The smallest absolute Gasteiger partial charge is 0.0648 e. The highest BCUT2D eigenvalue weighted by Gasteiger charge is 2.41. The molecule has 1 saturated carbocycles. The van der Waals surface area contributed by atoms with Crippen molar-refractivity contribution in [2.45, 2.75) is 46.5 Å². The molecule has 0 aromatic heterocycles. The van der Waals surface area contributed by atoms with E-state index < -0.39 is 0 Å². The Kier molecular flexibility index (Phi) is 3.65. The Morgan fingerprint density at radius 2 is 1.94 bits per heavy atom. The van der Waals surface area contributed by atoms with Crippen molar-refractivity contribution in [3.8, 4) is 0 Å². The average molecular weight is 238 g/mol. The van der Waals surface area contributed by atoms with Crippen molar-refractivity contribution in [1.82, 2.24) is 0 Å². The van der Waals surface area contributed by atoms with E-state index >= 15 is 0 Å². The van der Waals surface area contributed by atoms with Gasteiger partial charge in [0.25, 0.3) is 0 Å². The third kappa shape index (κ3) is 2.43. The Morgan fingerprint density at radius 3 is 2.53 bits per heavy atom. The Hall–Kier alpha value is -0.340. The van der Waals surface area contributed by atoms with Crippen molar-refractivity contribution in [1.29, 1.82) is 0 Å². The fourth-order valence-corrected chi connectivity index (χ4v) is 3.87. The van der Waals surface area contributed by atoms with E-state index in [9.17, 15) is 10.2 Å². The van der Waals surface area contributed by atoms with E-state index in [1.54, 1.807) is 0 Å². The van der Waals surface area contributed by atoms with Gasteiger partial charge in [0.05, 0.1) is 6.61 Å². The van der Waals surface area contributed by atoms with Crippen LogP contribution in [0.4, 0.5) is 0 Å². The molecule has 3 unspecified atom stereocenters. The summed E-state index contributed by atoms with van der Waals surface area (Å²) in [6, 6.07) is 0. The molecule has 2 heteroatoms. The van der Waals surface area contributed by atoms with Crippen LogP contribution in [-0.2, 0) is 0 Å². The quantitative estimate of drug-likeness (QED) is 0.726. The second-order valence-electron chi connectivity index (χ2n) is 6.79. The molecule has 17 heavy (non-hydrogen) atoms. The molecule has 98 valence electrons. The second kappa shape index (κ2) is 4.74. The first-order valence-corrected chi connectivity index (χ1v) is 6.92. The van der Waals surface area contributed by atoms with Crippen LogP contribution in [0.15, 0.2) is 11.1 Å². The van der Waals surface area contributed by atoms with Crippen LogP contribution in [0.1, 0.15) is 46.5 Å². The van der Waals surface area contributed by atoms with Gasteiger partial charge in [0.2, 0.25) is 0 Å². The fraction of sp³-hybridized carbons (Fsp3) is 0.867. The summed E-state index contributed by atoms with van der Waals surface area (Å²) >= 11 is 0. The Labute approximate surface area is 105 Å². The van der Waals surface area contributed by atoms with Gasteiger partial charge in [0, 0.05) is 12.5 Å². The van der Waals surface area contributed by atoms with E-state index in [1.165, 1.54) is 18.4 Å². The lowest BCUT2D eigenvalue weighted by Crippen LogP contribution is -2.14. The van der Waals surface area contributed by atoms with Gasteiger partial charge in [-0.1, -0.05) is 26.3 Å². The van der Waals surface area contributed by atoms with Crippen LogP contribution in [0.5, 0.6) is 0 Å². The molecule has 1 fully saturated rings. The average Bonchev–Trinajstić information content (AvgIpc) is 2.54. The molecule has 2 N–H and O–H groups in total. The summed E-state index contributed by atoms with van der Waals surface area (Å²) in [6.07, 6.45) is 4.56. The van der Waals surface area contributed by atoms with Crippen molar-refractivity contribution >= 4 is 0 Å². The predicted molar refractivity (Wildman–Crippen MR) is 69.6 cm³/mol. The summed E-state index contributed by atoms with van der Waals surface area (Å²) in [5.74, 6) is 1.55. The lowest BCUT2D eigenvalue weighted by atomic mass is 9.84. The van der Waals surface area contributed by atoms with Gasteiger partial charge in [-0.25, -0.2) is 0 Å². The third-order valence-electron chi connectivity index (χ3n) is 4.84. The summed E-state index contributed by atoms with van der Waals surface area (Å²) in [5, 5.41) is 19.2. The minimum Gasteiger partial charge on any atom is -0.396 e. The molecule has 0 aromatic rings. The summed E-state index contributed by atoms with van der Waals surface area (Å²) in [6.45, 7) is 7.31. The van der Waals surface area contributed by atoms with Gasteiger partial charge in [-0.15, -0.1) is 0 Å². The van der Waals surface area contributed by atoms with E-state index in [0.717, 1.165) is 18.4 Å². The zero-order chi connectivity index (χ0) is 12.6. The molecule has 2 aliphatic rings. The molecule has 0 aliphatic heterocycles. The monoisotopic (exact) mass is 238 g/mol. The maximum absolute atomic E-state index is 9.65. The number of aliphatic hydroxyl groups is 2. The van der Waals surface area contributed by atoms with E-state index in [0.29, 0.717) is 17.3 Å². The summed E-state index contributed by atoms with van der Waals surface area (Å²) < 4.78 is 0. The number of rotatable bonds is 2. The molecule has 2 aliphatic carbocycles. The number of hydrogen-bond donors (Lipinski definition) is 2. The van der Waals surface area contributed by atoms with Crippen LogP contribution in [0, 0.1) is 23.2 Å². The first kappa shape index (κ1) is 13.1. The van der Waals surface area contributed by atoms with Crippen LogP contribution < -0.4 is 0 Å². The van der Waals surface area contributed by atoms with E-state index in [-0.39, 0.29) is 19.1 Å². The van der Waals surface area contributed by atoms with Crippen LogP contribution in [0.2, 0.25) is 0 Å². The normalized spacial score (nSPS) is 36.9. The van der Waals surface area contributed by atoms with Crippen LogP contribution >= 0.6 is 0 Å². The van der Waals surface area contributed by atoms with Crippen LogP contribution in [0.25, 0.3) is 0 Å². The van der Waals surface area contributed by atoms with Gasteiger partial charge in [-0.05, 0) is 48.5 Å².